The largest absolute Gasteiger partial charge is 0.285 e. The monoisotopic (exact) mass is 212 g/mol. The van der Waals surface area contributed by atoms with Gasteiger partial charge in [0.05, 0.1) is 0 Å². The summed E-state index contributed by atoms with van der Waals surface area (Å²) in [5.74, 6) is 0.828. The first-order valence-corrected chi connectivity index (χ1v) is 7.53. The van der Waals surface area contributed by atoms with E-state index >= 15 is 0 Å². The SMILES string of the molecule is CC(C)[SH](C)(=O)CCc1ccccc1. The smallest absolute Gasteiger partial charge is 0.00676 e. The second-order valence-corrected chi connectivity index (χ2v) is 8.06. The molecule has 0 saturated heterocycles. The van der Waals surface area contributed by atoms with E-state index in [9.17, 15) is 4.21 Å². The van der Waals surface area contributed by atoms with Gasteiger partial charge in [0.1, 0.15) is 0 Å². The predicted molar refractivity (Wildman–Crippen MR) is 65.6 cm³/mol. The highest BCUT2D eigenvalue weighted by Gasteiger charge is 2.13. The molecule has 2 heteroatoms. The van der Waals surface area contributed by atoms with Crippen molar-refractivity contribution < 1.29 is 4.21 Å². The molecule has 0 N–H and O–H groups in total. The van der Waals surface area contributed by atoms with E-state index in [1.165, 1.54) is 5.56 Å². The Morgan fingerprint density at radius 3 is 2.29 bits per heavy atom. The minimum absolute atomic E-state index is 0.311. The Balaban J connectivity index is 2.54. The summed E-state index contributed by atoms with van der Waals surface area (Å²) in [5.41, 5.74) is 1.29. The molecule has 0 saturated carbocycles. The first-order chi connectivity index (χ1) is 6.52. The molecule has 0 spiro atoms. The van der Waals surface area contributed by atoms with E-state index in [-0.39, 0.29) is 0 Å². The first kappa shape index (κ1) is 11.4. The number of thiol groups is 1. The Hall–Kier alpha value is -0.630. The molecule has 1 aromatic rings. The second kappa shape index (κ2) is 4.74. The van der Waals surface area contributed by atoms with Crippen LogP contribution < -0.4 is 0 Å². The number of aryl methyl sites for hydroxylation is 1. The molecular weight excluding hydrogens is 192 g/mol. The Morgan fingerprint density at radius 1 is 1.21 bits per heavy atom. The zero-order chi connectivity index (χ0) is 10.6. The number of benzene rings is 1. The normalized spacial score (nSPS) is 13.1. The van der Waals surface area contributed by atoms with Crippen molar-refractivity contribution in [2.45, 2.75) is 25.5 Å². The Morgan fingerprint density at radius 2 is 1.79 bits per heavy atom. The van der Waals surface area contributed by atoms with Gasteiger partial charge in [0.2, 0.25) is 0 Å². The van der Waals surface area contributed by atoms with Gasteiger partial charge >= 0.3 is 0 Å². The van der Waals surface area contributed by atoms with Gasteiger partial charge in [-0.3, -0.25) is 4.21 Å². The van der Waals surface area contributed by atoms with Crippen molar-refractivity contribution in [2.75, 3.05) is 12.0 Å². The summed E-state index contributed by atoms with van der Waals surface area (Å²) in [6.45, 7) is 4.09. The summed E-state index contributed by atoms with van der Waals surface area (Å²) in [4.78, 5) is 0. The lowest BCUT2D eigenvalue weighted by molar-refractivity contribution is 0.666. The van der Waals surface area contributed by atoms with Crippen LogP contribution >= 0.6 is 0 Å². The van der Waals surface area contributed by atoms with Crippen molar-refractivity contribution in [2.24, 2.45) is 0 Å². The Labute approximate surface area is 88.0 Å². The lowest BCUT2D eigenvalue weighted by Crippen LogP contribution is -2.26. The van der Waals surface area contributed by atoms with Gasteiger partial charge in [-0.1, -0.05) is 44.2 Å². The van der Waals surface area contributed by atoms with Crippen LogP contribution in [0.1, 0.15) is 19.4 Å². The number of hydrogen-bond acceptors (Lipinski definition) is 1. The lowest BCUT2D eigenvalue weighted by Gasteiger charge is -2.22. The molecule has 14 heavy (non-hydrogen) atoms. The van der Waals surface area contributed by atoms with Gasteiger partial charge in [0.15, 0.2) is 0 Å². The van der Waals surface area contributed by atoms with E-state index in [0.29, 0.717) is 5.25 Å². The van der Waals surface area contributed by atoms with Crippen molar-refractivity contribution in [3.05, 3.63) is 35.9 Å². The minimum Gasteiger partial charge on any atom is -0.285 e. The van der Waals surface area contributed by atoms with Crippen molar-refractivity contribution in [3.63, 3.8) is 0 Å². The van der Waals surface area contributed by atoms with Crippen molar-refractivity contribution in [1.82, 2.24) is 0 Å². The van der Waals surface area contributed by atoms with Crippen LogP contribution in [0.25, 0.3) is 0 Å². The van der Waals surface area contributed by atoms with Crippen LogP contribution in [0, 0.1) is 0 Å². The van der Waals surface area contributed by atoms with Crippen LogP contribution in [0.5, 0.6) is 0 Å². The van der Waals surface area contributed by atoms with E-state index in [2.05, 4.69) is 12.1 Å². The van der Waals surface area contributed by atoms with Crippen LogP contribution in [0.2, 0.25) is 0 Å². The summed E-state index contributed by atoms with van der Waals surface area (Å²) in [7, 11) is -1.93. The Bertz CT molecular complexity index is 316. The standard InChI is InChI=1S/C12H20OS/c1-11(2)14(3,13)10-9-12-7-5-4-6-8-12/h4-8,11,14H,9-10H2,1-3H3. The first-order valence-electron chi connectivity index (χ1n) is 5.12. The molecule has 0 bridgehead atoms. The average molecular weight is 212 g/mol. The summed E-state index contributed by atoms with van der Waals surface area (Å²) >= 11 is 0. The molecule has 0 heterocycles. The predicted octanol–water partition coefficient (Wildman–Crippen LogP) is 2.28. The number of hydrogen-bond donors (Lipinski definition) is 1. The fraction of sp³-hybridized carbons (Fsp3) is 0.500. The summed E-state index contributed by atoms with van der Waals surface area (Å²) in [6.07, 6.45) is 2.85. The van der Waals surface area contributed by atoms with Gasteiger partial charge in [-0.2, -0.15) is 0 Å². The molecule has 0 amide bonds. The highest BCUT2D eigenvalue weighted by atomic mass is 32.2. The van der Waals surface area contributed by atoms with E-state index < -0.39 is 9.93 Å². The van der Waals surface area contributed by atoms with Gasteiger partial charge < -0.3 is 0 Å². The molecule has 0 aromatic heterocycles. The highest BCUT2D eigenvalue weighted by Crippen LogP contribution is 2.11. The van der Waals surface area contributed by atoms with Crippen molar-refractivity contribution in [1.29, 1.82) is 0 Å². The molecule has 1 nitrogen and oxygen atoms in total. The third kappa shape index (κ3) is 3.26. The topological polar surface area (TPSA) is 17.1 Å². The zero-order valence-corrected chi connectivity index (χ0v) is 10.1. The van der Waals surface area contributed by atoms with E-state index in [1.807, 2.05) is 38.3 Å². The van der Waals surface area contributed by atoms with E-state index in [1.54, 1.807) is 0 Å². The fourth-order valence-electron chi connectivity index (χ4n) is 1.25. The molecular formula is C12H20OS. The van der Waals surface area contributed by atoms with E-state index in [4.69, 9.17) is 0 Å². The maximum absolute atomic E-state index is 12.1. The molecule has 0 aliphatic rings. The Kier molecular flexibility index (Phi) is 3.87. The molecule has 1 rings (SSSR count). The molecule has 1 aromatic carbocycles. The summed E-state index contributed by atoms with van der Waals surface area (Å²) < 4.78 is 12.1. The third-order valence-electron chi connectivity index (χ3n) is 2.78. The van der Waals surface area contributed by atoms with Crippen LogP contribution in [0.3, 0.4) is 0 Å². The zero-order valence-electron chi connectivity index (χ0n) is 9.23. The maximum Gasteiger partial charge on any atom is 0.00676 e. The molecule has 0 aliphatic carbocycles. The molecule has 0 aliphatic heterocycles. The van der Waals surface area contributed by atoms with Crippen molar-refractivity contribution >= 4 is 9.93 Å². The molecule has 0 unspecified atom stereocenters. The number of rotatable bonds is 4. The van der Waals surface area contributed by atoms with E-state index in [0.717, 1.165) is 12.2 Å². The molecule has 0 fully saturated rings. The lowest BCUT2D eigenvalue weighted by atomic mass is 10.2. The maximum atomic E-state index is 12.1. The summed E-state index contributed by atoms with van der Waals surface area (Å²) in [6, 6.07) is 10.3. The van der Waals surface area contributed by atoms with Gasteiger partial charge in [0.25, 0.3) is 0 Å². The second-order valence-electron chi connectivity index (χ2n) is 4.23. The van der Waals surface area contributed by atoms with Crippen LogP contribution in [-0.2, 0) is 16.4 Å². The van der Waals surface area contributed by atoms with Gasteiger partial charge in [-0.05, 0) is 18.2 Å². The molecule has 0 atom stereocenters. The average Bonchev–Trinajstić information content (AvgIpc) is 2.16. The summed E-state index contributed by atoms with van der Waals surface area (Å²) in [5, 5.41) is 0.311. The highest BCUT2D eigenvalue weighted by molar-refractivity contribution is 8.02. The quantitative estimate of drug-likeness (QED) is 0.758. The van der Waals surface area contributed by atoms with Crippen LogP contribution in [0.15, 0.2) is 30.3 Å². The minimum atomic E-state index is -1.93. The molecule has 80 valence electrons. The van der Waals surface area contributed by atoms with Gasteiger partial charge in [0, 0.05) is 11.0 Å². The van der Waals surface area contributed by atoms with Gasteiger partial charge in [-0.25, -0.2) is 0 Å². The van der Waals surface area contributed by atoms with Crippen LogP contribution in [-0.4, -0.2) is 21.5 Å². The van der Waals surface area contributed by atoms with Gasteiger partial charge in [-0.15, -0.1) is 9.93 Å². The fourth-order valence-corrected chi connectivity index (χ4v) is 2.47. The van der Waals surface area contributed by atoms with Crippen molar-refractivity contribution in [3.8, 4) is 0 Å². The third-order valence-corrected chi connectivity index (χ3v) is 6.08. The van der Waals surface area contributed by atoms with Crippen LogP contribution in [0.4, 0.5) is 0 Å². The molecule has 0 radical (unpaired) electrons.